The number of ether oxygens (including phenoxy) is 1. The van der Waals surface area contributed by atoms with Crippen molar-refractivity contribution in [3.63, 3.8) is 0 Å². The number of nitrogen functional groups attached to an aromatic ring is 1. The van der Waals surface area contributed by atoms with Gasteiger partial charge in [0, 0.05) is 11.3 Å². The van der Waals surface area contributed by atoms with E-state index in [1.54, 1.807) is 18.2 Å². The normalized spacial score (nSPS) is 21.8. The maximum absolute atomic E-state index is 12.6. The summed E-state index contributed by atoms with van der Waals surface area (Å²) in [5.41, 5.74) is 6.96. The van der Waals surface area contributed by atoms with Crippen LogP contribution in [0.1, 0.15) is 43.0 Å². The molecular weight excluding hydrogens is 284 g/mol. The summed E-state index contributed by atoms with van der Waals surface area (Å²) in [6.45, 7) is 2.38. The van der Waals surface area contributed by atoms with Crippen LogP contribution in [0.3, 0.4) is 0 Å². The van der Waals surface area contributed by atoms with Crippen LogP contribution >= 0.6 is 11.8 Å². The number of nitrogens with one attached hydrogen (secondary N) is 1. The zero-order valence-corrected chi connectivity index (χ0v) is 13.5. The van der Waals surface area contributed by atoms with Gasteiger partial charge in [0.25, 0.3) is 5.91 Å². The van der Waals surface area contributed by atoms with Crippen LogP contribution in [0, 0.1) is 0 Å². The van der Waals surface area contributed by atoms with Gasteiger partial charge in [-0.3, -0.25) is 4.79 Å². The van der Waals surface area contributed by atoms with Crippen molar-refractivity contribution >= 4 is 23.4 Å². The van der Waals surface area contributed by atoms with E-state index >= 15 is 0 Å². The average Bonchev–Trinajstić information content (AvgIpc) is 2.50. The maximum Gasteiger partial charge on any atom is 0.255 e. The lowest BCUT2D eigenvalue weighted by molar-refractivity contribution is 0.0925. The van der Waals surface area contributed by atoms with Crippen LogP contribution in [-0.4, -0.2) is 30.1 Å². The van der Waals surface area contributed by atoms with Crippen LogP contribution < -0.4 is 15.8 Å². The SMILES string of the molecule is CCOc1c(N)cccc1C(=O)NC1CCCCC1SC. The lowest BCUT2D eigenvalue weighted by atomic mass is 9.94. The zero-order chi connectivity index (χ0) is 15.2. The number of anilines is 1. The summed E-state index contributed by atoms with van der Waals surface area (Å²) >= 11 is 1.84. The fourth-order valence-corrected chi connectivity index (χ4v) is 3.76. The second-order valence-electron chi connectivity index (χ2n) is 5.30. The number of rotatable bonds is 5. The lowest BCUT2D eigenvalue weighted by Crippen LogP contribution is -2.43. The Hall–Kier alpha value is -1.36. The number of carbonyl (C=O) groups excluding carboxylic acids is 1. The molecule has 2 atom stereocenters. The molecule has 0 aliphatic heterocycles. The fourth-order valence-electron chi connectivity index (χ4n) is 2.83. The van der Waals surface area contributed by atoms with Crippen molar-refractivity contribution < 1.29 is 9.53 Å². The Balaban J connectivity index is 2.14. The molecule has 0 saturated heterocycles. The molecule has 1 aromatic rings. The summed E-state index contributed by atoms with van der Waals surface area (Å²) in [4.78, 5) is 12.6. The Bertz CT molecular complexity index is 493. The molecule has 2 unspecified atom stereocenters. The number of thioether (sulfide) groups is 1. The third kappa shape index (κ3) is 3.84. The molecule has 1 fully saturated rings. The second-order valence-corrected chi connectivity index (χ2v) is 6.37. The molecular formula is C16H24N2O2S. The van der Waals surface area contributed by atoms with Gasteiger partial charge in [-0.15, -0.1) is 0 Å². The predicted octanol–water partition coefficient (Wildman–Crippen LogP) is 3.07. The largest absolute Gasteiger partial charge is 0.491 e. The van der Waals surface area contributed by atoms with E-state index in [0.717, 1.165) is 6.42 Å². The molecule has 0 aromatic heterocycles. The number of nitrogens with two attached hydrogens (primary N) is 1. The lowest BCUT2D eigenvalue weighted by Gasteiger charge is -2.31. The third-order valence-electron chi connectivity index (χ3n) is 3.90. The molecule has 1 aliphatic rings. The van der Waals surface area contributed by atoms with E-state index in [0.29, 0.717) is 28.9 Å². The molecule has 2 rings (SSSR count). The summed E-state index contributed by atoms with van der Waals surface area (Å²) in [6, 6.07) is 5.55. The number of hydrogen-bond acceptors (Lipinski definition) is 4. The van der Waals surface area contributed by atoms with Crippen LogP contribution in [0.5, 0.6) is 5.75 Å². The highest BCUT2D eigenvalue weighted by Crippen LogP contribution is 2.29. The molecule has 1 saturated carbocycles. The maximum atomic E-state index is 12.6. The molecule has 21 heavy (non-hydrogen) atoms. The standard InChI is InChI=1S/C16H24N2O2S/c1-3-20-15-11(7-6-8-12(15)17)16(19)18-13-9-4-5-10-14(13)21-2/h6-8,13-14H,3-5,9-10,17H2,1-2H3,(H,18,19). The Morgan fingerprint density at radius 3 is 2.90 bits per heavy atom. The van der Waals surface area contributed by atoms with E-state index < -0.39 is 0 Å². The minimum Gasteiger partial charge on any atom is -0.491 e. The van der Waals surface area contributed by atoms with E-state index in [9.17, 15) is 4.79 Å². The van der Waals surface area contributed by atoms with E-state index in [4.69, 9.17) is 10.5 Å². The summed E-state index contributed by atoms with van der Waals surface area (Å²) in [7, 11) is 0. The quantitative estimate of drug-likeness (QED) is 0.821. The van der Waals surface area contributed by atoms with Crippen molar-refractivity contribution in [1.29, 1.82) is 0 Å². The van der Waals surface area contributed by atoms with Crippen molar-refractivity contribution in [3.8, 4) is 5.75 Å². The summed E-state index contributed by atoms with van der Waals surface area (Å²) < 4.78 is 5.54. The van der Waals surface area contributed by atoms with E-state index in [1.807, 2.05) is 18.7 Å². The Morgan fingerprint density at radius 1 is 1.43 bits per heavy atom. The summed E-state index contributed by atoms with van der Waals surface area (Å²) in [5, 5.41) is 3.67. The molecule has 0 radical (unpaired) electrons. The van der Waals surface area contributed by atoms with Gasteiger partial charge in [0.1, 0.15) is 0 Å². The molecule has 0 bridgehead atoms. The number of benzene rings is 1. The summed E-state index contributed by atoms with van der Waals surface area (Å²) in [5.74, 6) is 0.408. The van der Waals surface area contributed by atoms with Gasteiger partial charge in [-0.25, -0.2) is 0 Å². The van der Waals surface area contributed by atoms with Crippen LogP contribution in [0.4, 0.5) is 5.69 Å². The summed E-state index contributed by atoms with van der Waals surface area (Å²) in [6.07, 6.45) is 6.75. The molecule has 3 N–H and O–H groups in total. The monoisotopic (exact) mass is 308 g/mol. The molecule has 5 heteroatoms. The highest BCUT2D eigenvalue weighted by atomic mass is 32.2. The van der Waals surface area contributed by atoms with Crippen molar-refractivity contribution in [2.24, 2.45) is 0 Å². The van der Waals surface area contributed by atoms with Gasteiger partial charge >= 0.3 is 0 Å². The molecule has 1 aliphatic carbocycles. The van der Waals surface area contributed by atoms with Gasteiger partial charge in [-0.2, -0.15) is 11.8 Å². The van der Waals surface area contributed by atoms with Gasteiger partial charge < -0.3 is 15.8 Å². The van der Waals surface area contributed by atoms with Gasteiger partial charge in [0.2, 0.25) is 0 Å². The first-order chi connectivity index (χ1) is 10.2. The van der Waals surface area contributed by atoms with Gasteiger partial charge in [-0.05, 0) is 38.2 Å². The highest BCUT2D eigenvalue weighted by molar-refractivity contribution is 7.99. The van der Waals surface area contributed by atoms with Crippen molar-refractivity contribution in [2.45, 2.75) is 43.9 Å². The fraction of sp³-hybridized carbons (Fsp3) is 0.562. The number of amides is 1. The average molecular weight is 308 g/mol. The Morgan fingerprint density at radius 2 is 2.19 bits per heavy atom. The first-order valence-corrected chi connectivity index (χ1v) is 8.81. The molecule has 116 valence electrons. The van der Waals surface area contributed by atoms with Gasteiger partial charge in [0.05, 0.1) is 17.9 Å². The first kappa shape index (κ1) is 16.0. The molecule has 0 spiro atoms. The van der Waals surface area contributed by atoms with Crippen LogP contribution in [0.25, 0.3) is 0 Å². The molecule has 1 amide bonds. The van der Waals surface area contributed by atoms with E-state index in [2.05, 4.69) is 11.6 Å². The Kier molecular flexibility index (Phi) is 5.79. The predicted molar refractivity (Wildman–Crippen MR) is 89.0 cm³/mol. The van der Waals surface area contributed by atoms with Crippen molar-refractivity contribution in [3.05, 3.63) is 23.8 Å². The van der Waals surface area contributed by atoms with Crippen LogP contribution in [0.15, 0.2) is 18.2 Å². The van der Waals surface area contributed by atoms with E-state index in [1.165, 1.54) is 19.3 Å². The minimum atomic E-state index is -0.0864. The van der Waals surface area contributed by atoms with Crippen LogP contribution in [0.2, 0.25) is 0 Å². The van der Waals surface area contributed by atoms with Crippen molar-refractivity contribution in [2.75, 3.05) is 18.6 Å². The molecule has 0 heterocycles. The number of hydrogen-bond donors (Lipinski definition) is 2. The van der Waals surface area contributed by atoms with Crippen molar-refractivity contribution in [1.82, 2.24) is 5.32 Å². The van der Waals surface area contributed by atoms with E-state index in [-0.39, 0.29) is 11.9 Å². The number of carbonyl (C=O) groups is 1. The molecule has 4 nitrogen and oxygen atoms in total. The van der Waals surface area contributed by atoms with Gasteiger partial charge in [-0.1, -0.05) is 18.9 Å². The first-order valence-electron chi connectivity index (χ1n) is 7.52. The highest BCUT2D eigenvalue weighted by Gasteiger charge is 2.27. The molecule has 1 aromatic carbocycles. The Labute approximate surface area is 130 Å². The third-order valence-corrected chi connectivity index (χ3v) is 5.07. The zero-order valence-electron chi connectivity index (χ0n) is 12.7. The minimum absolute atomic E-state index is 0.0864. The number of para-hydroxylation sites is 1. The van der Waals surface area contributed by atoms with Gasteiger partial charge in [0.15, 0.2) is 5.75 Å². The topological polar surface area (TPSA) is 64.3 Å². The second kappa shape index (κ2) is 7.59. The smallest absolute Gasteiger partial charge is 0.255 e. The van der Waals surface area contributed by atoms with Crippen LogP contribution in [-0.2, 0) is 0 Å².